The third-order valence-electron chi connectivity index (χ3n) is 2.19. The lowest BCUT2D eigenvalue weighted by atomic mass is 10.1. The fourth-order valence-electron chi connectivity index (χ4n) is 1.50. The highest BCUT2D eigenvalue weighted by atomic mass is 16.5. The largest absolute Gasteiger partial charge is 0.618 e. The molecule has 76 valence electrons. The van der Waals surface area contributed by atoms with Gasteiger partial charge in [0, 0.05) is 6.07 Å². The maximum Gasteiger partial charge on any atom is 0.266 e. The number of nitrogens with zero attached hydrogens (tertiary/aromatic N) is 1. The van der Waals surface area contributed by atoms with E-state index in [1.165, 1.54) is 6.20 Å². The first-order chi connectivity index (χ1) is 7.33. The summed E-state index contributed by atoms with van der Waals surface area (Å²) in [5, 5.41) is 11.6. The average molecular weight is 201 g/mol. The summed E-state index contributed by atoms with van der Waals surface area (Å²) < 4.78 is 5.97. The minimum absolute atomic E-state index is 0.542. The smallest absolute Gasteiger partial charge is 0.266 e. The van der Waals surface area contributed by atoms with Crippen LogP contribution in [0.2, 0.25) is 0 Å². The van der Waals surface area contributed by atoms with Gasteiger partial charge in [0.2, 0.25) is 0 Å². The van der Waals surface area contributed by atoms with Crippen molar-refractivity contribution in [2.24, 2.45) is 0 Å². The highest BCUT2D eigenvalue weighted by Gasteiger charge is 2.14. The number of hydrogen-bond acceptors (Lipinski definition) is 2. The Bertz CT molecular complexity index is 454. The molecule has 0 saturated carbocycles. The molecule has 0 amide bonds. The van der Waals surface area contributed by atoms with Gasteiger partial charge in [-0.1, -0.05) is 18.2 Å². The summed E-state index contributed by atoms with van der Waals surface area (Å²) in [6.07, 6.45) is 1.46. The van der Waals surface area contributed by atoms with E-state index < -0.39 is 0 Å². The fourth-order valence-corrected chi connectivity index (χ4v) is 1.50. The van der Waals surface area contributed by atoms with E-state index in [1.54, 1.807) is 19.2 Å². The minimum atomic E-state index is 0.542. The van der Waals surface area contributed by atoms with Gasteiger partial charge < -0.3 is 9.94 Å². The summed E-state index contributed by atoms with van der Waals surface area (Å²) >= 11 is 0. The predicted octanol–water partition coefficient (Wildman–Crippen LogP) is 2.00. The van der Waals surface area contributed by atoms with Crippen LogP contribution in [0.15, 0.2) is 48.7 Å². The molecule has 0 unspecified atom stereocenters. The molecule has 0 saturated heterocycles. The van der Waals surface area contributed by atoms with E-state index in [2.05, 4.69) is 0 Å². The van der Waals surface area contributed by atoms with Gasteiger partial charge in [0.25, 0.3) is 5.69 Å². The van der Waals surface area contributed by atoms with Gasteiger partial charge in [-0.15, -0.1) is 0 Å². The van der Waals surface area contributed by atoms with Crippen molar-refractivity contribution in [3.8, 4) is 17.0 Å². The molecule has 2 aromatic rings. The lowest BCUT2D eigenvalue weighted by molar-refractivity contribution is -0.594. The van der Waals surface area contributed by atoms with Gasteiger partial charge >= 0.3 is 0 Å². The highest BCUT2D eigenvalue weighted by Crippen LogP contribution is 2.25. The zero-order valence-electron chi connectivity index (χ0n) is 8.38. The molecule has 0 aliphatic rings. The van der Waals surface area contributed by atoms with Gasteiger partial charge in [0.15, 0.2) is 11.9 Å². The molecule has 0 bridgehead atoms. The number of aromatic nitrogens is 1. The minimum Gasteiger partial charge on any atom is -0.618 e. The number of hydrogen-bond donors (Lipinski definition) is 0. The summed E-state index contributed by atoms with van der Waals surface area (Å²) in [5.74, 6) is 0.582. The second kappa shape index (κ2) is 4.00. The van der Waals surface area contributed by atoms with E-state index in [9.17, 15) is 5.21 Å². The topological polar surface area (TPSA) is 36.2 Å². The van der Waals surface area contributed by atoms with Crippen molar-refractivity contribution in [1.82, 2.24) is 0 Å². The molecular weight excluding hydrogens is 190 g/mol. The Labute approximate surface area is 88.1 Å². The van der Waals surface area contributed by atoms with Gasteiger partial charge in [-0.05, 0) is 18.2 Å². The van der Waals surface area contributed by atoms with Gasteiger partial charge in [-0.2, -0.15) is 4.73 Å². The summed E-state index contributed by atoms with van der Waals surface area (Å²) in [6.45, 7) is 0. The average Bonchev–Trinajstić information content (AvgIpc) is 2.29. The highest BCUT2D eigenvalue weighted by molar-refractivity contribution is 5.62. The molecule has 0 atom stereocenters. The number of benzene rings is 1. The van der Waals surface area contributed by atoms with Crippen LogP contribution in [0.3, 0.4) is 0 Å². The van der Waals surface area contributed by atoms with Gasteiger partial charge in [0.1, 0.15) is 0 Å². The van der Waals surface area contributed by atoms with E-state index in [1.807, 2.05) is 30.3 Å². The maximum absolute atomic E-state index is 11.6. The predicted molar refractivity (Wildman–Crippen MR) is 57.4 cm³/mol. The van der Waals surface area contributed by atoms with E-state index in [0.717, 1.165) is 10.3 Å². The van der Waals surface area contributed by atoms with E-state index in [-0.39, 0.29) is 0 Å². The molecular formula is C12H11NO2. The van der Waals surface area contributed by atoms with Crippen molar-refractivity contribution in [2.45, 2.75) is 0 Å². The lowest BCUT2D eigenvalue weighted by Gasteiger charge is -2.08. The van der Waals surface area contributed by atoms with Crippen LogP contribution in [-0.4, -0.2) is 7.11 Å². The molecule has 0 aliphatic carbocycles. The van der Waals surface area contributed by atoms with Gasteiger partial charge in [0.05, 0.1) is 12.7 Å². The van der Waals surface area contributed by atoms with Crippen molar-refractivity contribution in [3.63, 3.8) is 0 Å². The van der Waals surface area contributed by atoms with Crippen LogP contribution in [0.4, 0.5) is 0 Å². The number of pyridine rings is 1. The second-order valence-electron chi connectivity index (χ2n) is 3.12. The Balaban J connectivity index is 2.61. The summed E-state index contributed by atoms with van der Waals surface area (Å²) in [5.41, 5.74) is 1.39. The van der Waals surface area contributed by atoms with E-state index >= 15 is 0 Å². The van der Waals surface area contributed by atoms with Crippen molar-refractivity contribution in [1.29, 1.82) is 0 Å². The molecule has 1 heterocycles. The molecule has 2 rings (SSSR count). The normalized spacial score (nSPS) is 9.93. The van der Waals surface area contributed by atoms with Crippen LogP contribution < -0.4 is 9.47 Å². The van der Waals surface area contributed by atoms with Crippen molar-refractivity contribution in [3.05, 3.63) is 53.9 Å². The number of methoxy groups -OCH3 is 1. The molecule has 0 fully saturated rings. The van der Waals surface area contributed by atoms with E-state index in [0.29, 0.717) is 11.4 Å². The number of rotatable bonds is 2. The third kappa shape index (κ3) is 1.76. The summed E-state index contributed by atoms with van der Waals surface area (Å²) in [4.78, 5) is 0. The van der Waals surface area contributed by atoms with Gasteiger partial charge in [-0.3, -0.25) is 0 Å². The zero-order chi connectivity index (χ0) is 10.7. The molecule has 0 aliphatic heterocycles. The zero-order valence-corrected chi connectivity index (χ0v) is 8.38. The van der Waals surface area contributed by atoms with Crippen molar-refractivity contribution >= 4 is 0 Å². The molecule has 15 heavy (non-hydrogen) atoms. The SMILES string of the molecule is COc1ccc[n+]([O-])c1-c1ccccc1. The fraction of sp³-hybridized carbons (Fsp3) is 0.0833. The Morgan fingerprint density at radius 3 is 2.47 bits per heavy atom. The van der Waals surface area contributed by atoms with Crippen LogP contribution in [0, 0.1) is 5.21 Å². The molecule has 3 nitrogen and oxygen atoms in total. The molecule has 0 N–H and O–H groups in total. The molecule has 3 heteroatoms. The Kier molecular flexibility index (Phi) is 2.54. The van der Waals surface area contributed by atoms with Crippen molar-refractivity contribution in [2.75, 3.05) is 7.11 Å². The quantitative estimate of drug-likeness (QED) is 0.550. The van der Waals surface area contributed by atoms with Gasteiger partial charge in [-0.25, -0.2) is 0 Å². The Morgan fingerprint density at radius 2 is 1.80 bits per heavy atom. The number of ether oxygens (including phenoxy) is 1. The monoisotopic (exact) mass is 201 g/mol. The maximum atomic E-state index is 11.6. The van der Waals surface area contributed by atoms with Crippen LogP contribution in [0.25, 0.3) is 11.3 Å². The summed E-state index contributed by atoms with van der Waals surface area (Å²) in [6, 6.07) is 12.9. The first kappa shape index (κ1) is 9.52. The Hall–Kier alpha value is -2.03. The molecule has 0 radical (unpaired) electrons. The molecule has 0 spiro atoms. The van der Waals surface area contributed by atoms with Crippen LogP contribution >= 0.6 is 0 Å². The van der Waals surface area contributed by atoms with Crippen LogP contribution in [0.1, 0.15) is 0 Å². The summed E-state index contributed by atoms with van der Waals surface area (Å²) in [7, 11) is 1.56. The molecule has 1 aromatic heterocycles. The Morgan fingerprint density at radius 1 is 1.07 bits per heavy atom. The van der Waals surface area contributed by atoms with Crippen molar-refractivity contribution < 1.29 is 9.47 Å². The van der Waals surface area contributed by atoms with Crippen LogP contribution in [-0.2, 0) is 0 Å². The first-order valence-corrected chi connectivity index (χ1v) is 4.64. The molecule has 1 aromatic carbocycles. The standard InChI is InChI=1S/C12H11NO2/c1-15-11-8-5-9-13(14)12(11)10-6-3-2-4-7-10/h2-9H,1H3. The van der Waals surface area contributed by atoms with E-state index in [4.69, 9.17) is 4.74 Å². The first-order valence-electron chi connectivity index (χ1n) is 4.64. The third-order valence-corrected chi connectivity index (χ3v) is 2.19. The van der Waals surface area contributed by atoms with Crippen LogP contribution in [0.5, 0.6) is 5.75 Å². The second-order valence-corrected chi connectivity index (χ2v) is 3.12. The lowest BCUT2D eigenvalue weighted by Crippen LogP contribution is -2.28.